The third-order valence-corrected chi connectivity index (χ3v) is 13.1. The van der Waals surface area contributed by atoms with Crippen LogP contribution in [0.3, 0.4) is 0 Å². The van der Waals surface area contributed by atoms with E-state index in [1.807, 2.05) is 7.11 Å². The van der Waals surface area contributed by atoms with Crippen LogP contribution in [0.25, 0.3) is 0 Å². The Hall–Kier alpha value is -3.92. The van der Waals surface area contributed by atoms with E-state index in [1.165, 1.54) is 27.8 Å². The third kappa shape index (κ3) is 5.41. The van der Waals surface area contributed by atoms with Gasteiger partial charge in [0.2, 0.25) is 0 Å². The number of phenolic OH excluding ortho intramolecular Hbond substituents is 3. The topological polar surface area (TPSA) is 69.9 Å². The minimum absolute atomic E-state index is 0.150. The molecule has 0 unspecified atom stereocenters. The van der Waals surface area contributed by atoms with Crippen LogP contribution < -0.4 is 4.74 Å². The van der Waals surface area contributed by atoms with Crippen molar-refractivity contribution < 1.29 is 20.1 Å². The molecule has 2 fully saturated rings. The van der Waals surface area contributed by atoms with Crippen molar-refractivity contribution in [3.05, 3.63) is 115 Å². The lowest BCUT2D eigenvalue weighted by Crippen LogP contribution is -2.24. The maximum absolute atomic E-state index is 12.2. The van der Waals surface area contributed by atoms with Crippen molar-refractivity contribution in [1.29, 1.82) is 0 Å². The number of hydrogen-bond donors (Lipinski definition) is 3. The molecule has 4 atom stereocenters. The molecule has 4 heteroatoms. The molecule has 0 saturated heterocycles. The van der Waals surface area contributed by atoms with Gasteiger partial charge in [-0.2, -0.15) is 0 Å². The monoisotopic (exact) mass is 654 g/mol. The van der Waals surface area contributed by atoms with E-state index >= 15 is 0 Å². The Morgan fingerprint density at radius 1 is 0.429 bits per heavy atom. The number of methoxy groups -OCH3 is 1. The van der Waals surface area contributed by atoms with Gasteiger partial charge in [0.1, 0.15) is 23.0 Å². The fraction of sp³-hybridized carbons (Fsp3) is 0.467. The molecule has 0 spiro atoms. The summed E-state index contributed by atoms with van der Waals surface area (Å²) in [5, 5.41) is 36.4. The van der Waals surface area contributed by atoms with Gasteiger partial charge in [-0.1, -0.05) is 61.4 Å². The highest BCUT2D eigenvalue weighted by molar-refractivity contribution is 5.58. The summed E-state index contributed by atoms with van der Waals surface area (Å²) >= 11 is 0. The summed E-state index contributed by atoms with van der Waals surface area (Å²) in [5.74, 6) is 2.95. The minimum Gasteiger partial charge on any atom is -0.507 e. The third-order valence-electron chi connectivity index (χ3n) is 13.1. The molecule has 0 amide bonds. The Labute approximate surface area is 291 Å². The summed E-state index contributed by atoms with van der Waals surface area (Å²) in [5.41, 5.74) is 13.7. The largest absolute Gasteiger partial charge is 0.507 e. The van der Waals surface area contributed by atoms with Crippen molar-refractivity contribution >= 4 is 0 Å². The highest BCUT2D eigenvalue weighted by Gasteiger charge is 2.40. The fourth-order valence-corrected chi connectivity index (χ4v) is 10.2. The molecule has 3 N–H and O–H groups in total. The van der Waals surface area contributed by atoms with Gasteiger partial charge in [0.15, 0.2) is 0 Å². The van der Waals surface area contributed by atoms with Crippen molar-refractivity contribution in [1.82, 2.24) is 0 Å². The van der Waals surface area contributed by atoms with E-state index < -0.39 is 0 Å². The van der Waals surface area contributed by atoms with Gasteiger partial charge in [-0.3, -0.25) is 0 Å². The number of benzene rings is 4. The minimum atomic E-state index is 0.150. The average molecular weight is 655 g/mol. The van der Waals surface area contributed by atoms with Gasteiger partial charge in [-0.25, -0.2) is 0 Å². The van der Waals surface area contributed by atoms with Crippen LogP contribution in [-0.2, 0) is 38.5 Å². The lowest BCUT2D eigenvalue weighted by atomic mass is 9.64. The summed E-state index contributed by atoms with van der Waals surface area (Å²) in [4.78, 5) is 0. The molecular weight excluding hydrogens is 604 g/mol. The van der Waals surface area contributed by atoms with Crippen LogP contribution in [0, 0.1) is 0 Å². The zero-order valence-electron chi connectivity index (χ0n) is 29.0. The van der Waals surface area contributed by atoms with Crippen molar-refractivity contribution in [2.45, 2.75) is 126 Å². The standard InChI is InChI=1S/C45H50O4/c1-49-45-33-19-29-11-7-3-6-9-27-17-31(43(47)40(22-27)36-14-15-37(36)41(45)23-29)24-30-16-26-8-4-2-5-10-28-18-32(25-33)44(48)39(21-28)35-13-12-34(35)38(20-26)42(30)46/h16-23,34-37,46-48H,2-15,24-25H2,1H3/t34-,35+,36+,37-/m0/s1. The number of hydrogen-bond acceptors (Lipinski definition) is 4. The molecule has 4 aromatic rings. The quantitative estimate of drug-likeness (QED) is 0.191. The summed E-state index contributed by atoms with van der Waals surface area (Å²) in [6.07, 6.45) is 16.0. The Morgan fingerprint density at radius 2 is 0.755 bits per heavy atom. The zero-order valence-corrected chi connectivity index (χ0v) is 29.0. The molecule has 4 aromatic carbocycles. The number of phenols is 3. The first kappa shape index (κ1) is 31.1. The summed E-state index contributed by atoms with van der Waals surface area (Å²) in [7, 11) is 1.81. The van der Waals surface area contributed by atoms with Crippen molar-refractivity contribution in [2.24, 2.45) is 0 Å². The molecule has 49 heavy (non-hydrogen) atoms. The maximum Gasteiger partial charge on any atom is 0.125 e. The van der Waals surface area contributed by atoms with Crippen LogP contribution in [0.5, 0.6) is 23.0 Å². The van der Waals surface area contributed by atoms with Gasteiger partial charge in [0.25, 0.3) is 0 Å². The van der Waals surface area contributed by atoms with Crippen LogP contribution >= 0.6 is 0 Å². The molecular formula is C45H50O4. The SMILES string of the molecule is COc1c2cc3cc1[C@H]1CC[C@H]1c1cc(cc(c1O)Cc1cc4cc(c1O)[C@H]1CC[C@H]1c1cc(cc(c1O)C2)CCCCC4)CCCCC3. The second kappa shape index (κ2) is 12.4. The number of aryl methyl sites for hydroxylation is 4. The van der Waals surface area contributed by atoms with E-state index in [1.54, 1.807) is 0 Å². The van der Waals surface area contributed by atoms with Gasteiger partial charge >= 0.3 is 0 Å². The highest BCUT2D eigenvalue weighted by atomic mass is 16.5. The van der Waals surface area contributed by atoms with E-state index in [9.17, 15) is 15.3 Å². The van der Waals surface area contributed by atoms with E-state index in [2.05, 4.69) is 48.5 Å². The Balaban J connectivity index is 1.32. The molecule has 12 bridgehead atoms. The van der Waals surface area contributed by atoms with Gasteiger partial charge in [0, 0.05) is 12.8 Å². The zero-order chi connectivity index (χ0) is 33.2. The molecule has 0 aromatic heterocycles. The molecule has 4 nitrogen and oxygen atoms in total. The first-order valence-electron chi connectivity index (χ1n) is 19.2. The van der Waals surface area contributed by atoms with E-state index in [4.69, 9.17) is 4.74 Å². The van der Waals surface area contributed by atoms with E-state index in [0.717, 1.165) is 135 Å². The molecule has 2 saturated carbocycles. The molecule has 9 rings (SSSR count). The second-order valence-corrected chi connectivity index (χ2v) is 16.0. The van der Waals surface area contributed by atoms with Gasteiger partial charge < -0.3 is 20.1 Å². The van der Waals surface area contributed by atoms with Crippen LogP contribution in [0.4, 0.5) is 0 Å². The second-order valence-electron chi connectivity index (χ2n) is 16.0. The smallest absolute Gasteiger partial charge is 0.125 e. The van der Waals surface area contributed by atoms with E-state index in [-0.39, 0.29) is 23.7 Å². The summed E-state index contributed by atoms with van der Waals surface area (Å²) in [6.45, 7) is 0. The van der Waals surface area contributed by atoms with Gasteiger partial charge in [0.05, 0.1) is 7.11 Å². The van der Waals surface area contributed by atoms with Crippen molar-refractivity contribution in [3.8, 4) is 23.0 Å². The molecule has 5 aliphatic carbocycles. The lowest BCUT2D eigenvalue weighted by Gasteiger charge is -2.40. The van der Waals surface area contributed by atoms with Crippen LogP contribution in [0.2, 0.25) is 0 Å². The predicted octanol–water partition coefficient (Wildman–Crippen LogP) is 10.2. The van der Waals surface area contributed by atoms with Crippen LogP contribution in [0.1, 0.15) is 155 Å². The molecule has 0 aliphatic heterocycles. The number of rotatable bonds is 1. The molecule has 254 valence electrons. The number of fused-ring (bicyclic) bond motifs is 8. The Bertz CT molecular complexity index is 1940. The fourth-order valence-electron chi connectivity index (χ4n) is 10.2. The first-order chi connectivity index (χ1) is 23.9. The highest BCUT2D eigenvalue weighted by Crippen LogP contribution is 2.57. The van der Waals surface area contributed by atoms with Crippen molar-refractivity contribution in [3.63, 3.8) is 0 Å². The Morgan fingerprint density at radius 3 is 1.12 bits per heavy atom. The molecule has 5 aliphatic rings. The van der Waals surface area contributed by atoms with Gasteiger partial charge in [-0.05, 0) is 167 Å². The first-order valence-corrected chi connectivity index (χ1v) is 19.2. The lowest BCUT2D eigenvalue weighted by molar-refractivity contribution is 0.317. The van der Waals surface area contributed by atoms with Gasteiger partial charge in [-0.15, -0.1) is 0 Å². The molecule has 0 heterocycles. The van der Waals surface area contributed by atoms with Crippen LogP contribution in [-0.4, -0.2) is 22.4 Å². The van der Waals surface area contributed by atoms with Crippen LogP contribution in [0.15, 0.2) is 48.5 Å². The Kier molecular flexibility index (Phi) is 7.90. The normalized spacial score (nSPS) is 24.2. The number of aromatic hydroxyl groups is 3. The number of ether oxygens (including phenoxy) is 1. The van der Waals surface area contributed by atoms with E-state index in [0.29, 0.717) is 30.1 Å². The molecule has 0 radical (unpaired) electrons. The summed E-state index contributed by atoms with van der Waals surface area (Å²) in [6, 6.07) is 18.3. The predicted molar refractivity (Wildman–Crippen MR) is 195 cm³/mol. The summed E-state index contributed by atoms with van der Waals surface area (Å²) < 4.78 is 6.34. The average Bonchev–Trinajstić information content (AvgIpc) is 3.05. The maximum atomic E-state index is 12.2. The van der Waals surface area contributed by atoms with Crippen molar-refractivity contribution in [2.75, 3.05) is 7.11 Å².